The average molecular weight is 296 g/mol. The zero-order valence-corrected chi connectivity index (χ0v) is 11.5. The van der Waals surface area contributed by atoms with Crippen LogP contribution in [0, 0.1) is 0 Å². The van der Waals surface area contributed by atoms with Gasteiger partial charge in [0.2, 0.25) is 0 Å². The number of nitrogens with zero attached hydrogens (tertiary/aromatic N) is 3. The maximum atomic E-state index is 6.18. The van der Waals surface area contributed by atoms with Crippen molar-refractivity contribution in [2.75, 3.05) is 5.88 Å². The second kappa shape index (κ2) is 5.23. The molecule has 19 heavy (non-hydrogen) atoms. The highest BCUT2D eigenvalue weighted by atomic mass is 35.5. The quantitative estimate of drug-likeness (QED) is 0.692. The van der Waals surface area contributed by atoms with E-state index in [1.54, 1.807) is 6.20 Å². The van der Waals surface area contributed by atoms with Crippen LogP contribution in [0.5, 0.6) is 0 Å². The third kappa shape index (κ3) is 2.33. The first kappa shape index (κ1) is 12.5. The Kier molecular flexibility index (Phi) is 3.44. The van der Waals surface area contributed by atoms with Crippen molar-refractivity contribution in [1.82, 2.24) is 14.7 Å². The number of aryl methyl sites for hydroxylation is 1. The predicted molar refractivity (Wildman–Crippen MR) is 74.8 cm³/mol. The summed E-state index contributed by atoms with van der Waals surface area (Å²) in [5.74, 6) is 2.18. The second-order valence-electron chi connectivity index (χ2n) is 4.14. The normalized spacial score (nSPS) is 11.3. The van der Waals surface area contributed by atoms with Gasteiger partial charge in [-0.15, -0.1) is 11.6 Å². The van der Waals surface area contributed by atoms with E-state index in [2.05, 4.69) is 14.7 Å². The van der Waals surface area contributed by atoms with Gasteiger partial charge in [0.1, 0.15) is 11.3 Å². The Labute approximate surface area is 119 Å². The molecule has 3 aromatic rings. The standard InChI is InChI=1S/C13H11Cl2N3O/c14-6-4-12-17-13-10(15)2-1-3-11(13)18(12)8-9-5-7-16-19-9/h1-3,5,7H,4,6,8H2. The molecule has 1 aromatic carbocycles. The molecule has 0 saturated carbocycles. The lowest BCUT2D eigenvalue weighted by molar-refractivity contribution is 0.376. The van der Waals surface area contributed by atoms with Crippen LogP contribution in [0.2, 0.25) is 5.02 Å². The average Bonchev–Trinajstić information content (AvgIpc) is 3.01. The molecule has 0 unspecified atom stereocenters. The molecule has 0 atom stereocenters. The first-order valence-corrected chi connectivity index (χ1v) is 6.80. The van der Waals surface area contributed by atoms with Gasteiger partial charge in [0, 0.05) is 18.4 Å². The van der Waals surface area contributed by atoms with Gasteiger partial charge in [0.05, 0.1) is 23.3 Å². The molecule has 3 rings (SSSR count). The maximum absolute atomic E-state index is 6.18. The number of alkyl halides is 1. The van der Waals surface area contributed by atoms with Crippen LogP contribution in [0.1, 0.15) is 11.6 Å². The molecule has 98 valence electrons. The van der Waals surface area contributed by atoms with Gasteiger partial charge in [0.25, 0.3) is 0 Å². The Balaban J connectivity index is 2.13. The van der Waals surface area contributed by atoms with Crippen molar-refractivity contribution in [2.24, 2.45) is 0 Å². The van der Waals surface area contributed by atoms with E-state index in [4.69, 9.17) is 27.7 Å². The van der Waals surface area contributed by atoms with E-state index in [9.17, 15) is 0 Å². The minimum atomic E-state index is 0.511. The fraction of sp³-hybridized carbons (Fsp3) is 0.231. The smallest absolute Gasteiger partial charge is 0.156 e. The number of para-hydroxylation sites is 1. The molecule has 0 aliphatic carbocycles. The Hall–Kier alpha value is -1.52. The van der Waals surface area contributed by atoms with E-state index >= 15 is 0 Å². The monoisotopic (exact) mass is 295 g/mol. The molecule has 0 amide bonds. The molecule has 0 saturated heterocycles. The third-order valence-corrected chi connectivity index (χ3v) is 3.43. The summed E-state index contributed by atoms with van der Waals surface area (Å²) in [5.41, 5.74) is 1.77. The van der Waals surface area contributed by atoms with Crippen molar-refractivity contribution in [3.05, 3.63) is 47.1 Å². The van der Waals surface area contributed by atoms with Gasteiger partial charge in [0.15, 0.2) is 5.76 Å². The maximum Gasteiger partial charge on any atom is 0.156 e. The first-order valence-electron chi connectivity index (χ1n) is 5.88. The third-order valence-electron chi connectivity index (χ3n) is 2.93. The summed E-state index contributed by atoms with van der Waals surface area (Å²) in [6, 6.07) is 7.57. The molecule has 4 nitrogen and oxygen atoms in total. The van der Waals surface area contributed by atoms with Gasteiger partial charge >= 0.3 is 0 Å². The van der Waals surface area contributed by atoms with Crippen molar-refractivity contribution in [1.29, 1.82) is 0 Å². The molecule has 6 heteroatoms. The number of hydrogen-bond donors (Lipinski definition) is 0. The van der Waals surface area contributed by atoms with E-state index in [0.29, 0.717) is 23.9 Å². The first-order chi connectivity index (χ1) is 9.29. The van der Waals surface area contributed by atoms with Crippen molar-refractivity contribution in [3.63, 3.8) is 0 Å². The van der Waals surface area contributed by atoms with Gasteiger partial charge < -0.3 is 9.09 Å². The van der Waals surface area contributed by atoms with Crippen LogP contribution in [-0.4, -0.2) is 20.6 Å². The zero-order valence-electron chi connectivity index (χ0n) is 10.0. The van der Waals surface area contributed by atoms with Crippen LogP contribution in [0.4, 0.5) is 0 Å². The summed E-state index contributed by atoms with van der Waals surface area (Å²) in [6.07, 6.45) is 2.31. The van der Waals surface area contributed by atoms with Gasteiger partial charge in [-0.1, -0.05) is 22.8 Å². The number of fused-ring (bicyclic) bond motifs is 1. The fourth-order valence-electron chi connectivity index (χ4n) is 2.09. The lowest BCUT2D eigenvalue weighted by Gasteiger charge is -2.05. The lowest BCUT2D eigenvalue weighted by Crippen LogP contribution is -2.05. The molecular formula is C13H11Cl2N3O. The van der Waals surface area contributed by atoms with E-state index in [1.807, 2.05) is 24.3 Å². The van der Waals surface area contributed by atoms with E-state index in [-0.39, 0.29) is 0 Å². The highest BCUT2D eigenvalue weighted by Gasteiger charge is 2.13. The number of hydrogen-bond acceptors (Lipinski definition) is 3. The molecular weight excluding hydrogens is 285 g/mol. The number of aromatic nitrogens is 3. The second-order valence-corrected chi connectivity index (χ2v) is 4.92. The van der Waals surface area contributed by atoms with Gasteiger partial charge in [-0.05, 0) is 12.1 Å². The van der Waals surface area contributed by atoms with Crippen molar-refractivity contribution in [2.45, 2.75) is 13.0 Å². The molecule has 0 aliphatic rings. The number of rotatable bonds is 4. The van der Waals surface area contributed by atoms with Crippen LogP contribution >= 0.6 is 23.2 Å². The summed E-state index contributed by atoms with van der Waals surface area (Å²) in [6.45, 7) is 0.572. The molecule has 0 aliphatic heterocycles. The fourth-order valence-corrected chi connectivity index (χ4v) is 2.47. The summed E-state index contributed by atoms with van der Waals surface area (Å²) in [4.78, 5) is 4.57. The minimum Gasteiger partial charge on any atom is -0.359 e. The molecule has 2 aromatic heterocycles. The molecule has 2 heterocycles. The summed E-state index contributed by atoms with van der Waals surface area (Å²) in [5, 5.41) is 4.36. The Morgan fingerprint density at radius 3 is 2.89 bits per heavy atom. The predicted octanol–water partition coefficient (Wildman–Crippen LogP) is 3.51. The molecule has 0 fully saturated rings. The van der Waals surface area contributed by atoms with E-state index in [0.717, 1.165) is 22.6 Å². The molecule has 0 spiro atoms. The molecule has 0 radical (unpaired) electrons. The van der Waals surface area contributed by atoms with Crippen molar-refractivity contribution in [3.8, 4) is 0 Å². The van der Waals surface area contributed by atoms with E-state index < -0.39 is 0 Å². The Morgan fingerprint density at radius 1 is 1.26 bits per heavy atom. The van der Waals surface area contributed by atoms with Crippen LogP contribution in [0.25, 0.3) is 11.0 Å². The Morgan fingerprint density at radius 2 is 2.16 bits per heavy atom. The number of halogens is 2. The SMILES string of the molecule is ClCCc1nc2c(Cl)cccc2n1Cc1ccno1. The number of imidazole rings is 1. The molecule has 0 N–H and O–H groups in total. The summed E-state index contributed by atoms with van der Waals surface area (Å²) >= 11 is 12.0. The van der Waals surface area contributed by atoms with Gasteiger partial charge in [-0.3, -0.25) is 0 Å². The topological polar surface area (TPSA) is 43.9 Å². The van der Waals surface area contributed by atoms with Crippen molar-refractivity contribution < 1.29 is 4.52 Å². The Bertz CT molecular complexity index is 691. The van der Waals surface area contributed by atoms with Crippen LogP contribution in [0.15, 0.2) is 35.0 Å². The number of benzene rings is 1. The highest BCUT2D eigenvalue weighted by Crippen LogP contribution is 2.25. The highest BCUT2D eigenvalue weighted by molar-refractivity contribution is 6.34. The zero-order chi connectivity index (χ0) is 13.2. The summed E-state index contributed by atoms with van der Waals surface area (Å²) < 4.78 is 7.21. The van der Waals surface area contributed by atoms with Crippen molar-refractivity contribution >= 4 is 34.2 Å². The lowest BCUT2D eigenvalue weighted by atomic mass is 10.3. The van der Waals surface area contributed by atoms with E-state index in [1.165, 1.54) is 0 Å². The van der Waals surface area contributed by atoms with Crippen LogP contribution in [0.3, 0.4) is 0 Å². The van der Waals surface area contributed by atoms with Gasteiger partial charge in [-0.2, -0.15) is 0 Å². The van der Waals surface area contributed by atoms with Crippen LogP contribution in [-0.2, 0) is 13.0 Å². The van der Waals surface area contributed by atoms with Gasteiger partial charge in [-0.25, -0.2) is 4.98 Å². The minimum absolute atomic E-state index is 0.511. The largest absolute Gasteiger partial charge is 0.359 e. The summed E-state index contributed by atoms with van der Waals surface area (Å²) in [7, 11) is 0. The molecule has 0 bridgehead atoms. The van der Waals surface area contributed by atoms with Crippen LogP contribution < -0.4 is 0 Å².